The molecule has 0 bridgehead atoms. The van der Waals surface area contributed by atoms with E-state index < -0.39 is 0 Å². The lowest BCUT2D eigenvalue weighted by atomic mass is 9.88. The van der Waals surface area contributed by atoms with Gasteiger partial charge in [0, 0.05) is 39.0 Å². The van der Waals surface area contributed by atoms with Gasteiger partial charge in [0.2, 0.25) is 0 Å². The van der Waals surface area contributed by atoms with Gasteiger partial charge in [-0.05, 0) is 71.8 Å². The first-order chi connectivity index (χ1) is 22.8. The van der Waals surface area contributed by atoms with Crippen LogP contribution in [0.3, 0.4) is 0 Å². The number of aromatic nitrogens is 3. The Morgan fingerprint density at radius 1 is 0.745 bits per heavy atom. The highest BCUT2D eigenvalue weighted by atomic mass is 32.1. The summed E-state index contributed by atoms with van der Waals surface area (Å²) in [5, 5.41) is 5.25. The maximum absolute atomic E-state index is 6.88. The Morgan fingerprint density at radius 2 is 1.45 bits per heavy atom. The Hall–Kier alpha value is -5.00. The van der Waals surface area contributed by atoms with Crippen molar-refractivity contribution in [2.45, 2.75) is 46.5 Å². The summed E-state index contributed by atoms with van der Waals surface area (Å²) < 4.78 is 11.8. The van der Waals surface area contributed by atoms with Crippen LogP contribution in [0.1, 0.15) is 56.2 Å². The first-order valence-electron chi connectivity index (χ1n) is 16.4. The Balaban J connectivity index is 1.48. The summed E-state index contributed by atoms with van der Waals surface area (Å²) in [4.78, 5) is 4.55. The first kappa shape index (κ1) is 29.4. The van der Waals surface area contributed by atoms with E-state index in [1.165, 1.54) is 44.5 Å². The highest BCUT2D eigenvalue weighted by Crippen LogP contribution is 2.43. The second-order valence-corrected chi connectivity index (χ2v) is 14.1. The minimum Gasteiger partial charge on any atom is -0.455 e. The minimum atomic E-state index is 0.304. The Kier molecular flexibility index (Phi) is 7.11. The van der Waals surface area contributed by atoms with Crippen LogP contribution in [-0.2, 0) is 7.05 Å². The van der Waals surface area contributed by atoms with Gasteiger partial charge < -0.3 is 4.42 Å². The van der Waals surface area contributed by atoms with Crippen molar-refractivity contribution in [3.8, 4) is 38.8 Å². The van der Waals surface area contributed by atoms with Crippen molar-refractivity contribution in [1.82, 2.24) is 9.55 Å². The summed E-state index contributed by atoms with van der Waals surface area (Å²) in [7, 11) is 2.19. The highest BCUT2D eigenvalue weighted by molar-refractivity contribution is 7.13. The fraction of sp³-hybridized carbons (Fsp3) is 0.190. The molecule has 0 aliphatic heterocycles. The predicted molar refractivity (Wildman–Crippen MR) is 197 cm³/mol. The van der Waals surface area contributed by atoms with Crippen molar-refractivity contribution in [2.75, 3.05) is 0 Å². The van der Waals surface area contributed by atoms with Crippen molar-refractivity contribution in [1.29, 1.82) is 0 Å². The topological polar surface area (TPSA) is 34.8 Å². The average Bonchev–Trinajstić information content (AvgIpc) is 3.81. The number of nitrogens with zero attached hydrogens (tertiary/aromatic N) is 3. The van der Waals surface area contributed by atoms with Crippen LogP contribution in [0.5, 0.6) is 0 Å². The van der Waals surface area contributed by atoms with E-state index in [-0.39, 0.29) is 0 Å². The first-order valence-corrected chi connectivity index (χ1v) is 17.3. The van der Waals surface area contributed by atoms with Gasteiger partial charge >= 0.3 is 0 Å². The lowest BCUT2D eigenvalue weighted by Crippen LogP contribution is -2.30. The summed E-state index contributed by atoms with van der Waals surface area (Å²) in [6, 6.07) is 35.3. The number of aryl methyl sites for hydroxylation is 2. The number of para-hydroxylation sites is 2. The van der Waals surface area contributed by atoms with Crippen molar-refractivity contribution in [2.24, 2.45) is 7.05 Å². The zero-order valence-corrected chi connectivity index (χ0v) is 28.5. The Bertz CT molecular complexity index is 2400. The van der Waals surface area contributed by atoms with Crippen LogP contribution in [0.4, 0.5) is 0 Å². The quantitative estimate of drug-likeness (QED) is 0.171. The SMILES string of the molecule is Cc1ccc2c(oc3cc(-c4nccs4)ccc32)c1-c1n(-c2c(C(C)C)cc(-c3ccccc3)cc2C(C)C)c2ccccc2[n+]1C. The number of rotatable bonds is 6. The Labute approximate surface area is 279 Å². The smallest absolute Gasteiger partial charge is 0.299 e. The third kappa shape index (κ3) is 4.72. The molecule has 4 nitrogen and oxygen atoms in total. The number of imidazole rings is 1. The molecule has 47 heavy (non-hydrogen) atoms. The lowest BCUT2D eigenvalue weighted by Gasteiger charge is -2.21. The molecule has 0 atom stereocenters. The van der Waals surface area contributed by atoms with Crippen LogP contribution in [0.25, 0.3) is 71.7 Å². The maximum atomic E-state index is 6.88. The van der Waals surface area contributed by atoms with E-state index >= 15 is 0 Å². The molecule has 0 saturated heterocycles. The molecule has 8 rings (SSSR count). The van der Waals surface area contributed by atoms with Crippen LogP contribution in [-0.4, -0.2) is 9.55 Å². The van der Waals surface area contributed by atoms with E-state index in [0.29, 0.717) is 11.8 Å². The van der Waals surface area contributed by atoms with Gasteiger partial charge in [0.1, 0.15) is 21.8 Å². The van der Waals surface area contributed by atoms with Crippen molar-refractivity contribution in [3.05, 3.63) is 125 Å². The second kappa shape index (κ2) is 11.4. The van der Waals surface area contributed by atoms with Crippen molar-refractivity contribution >= 4 is 44.3 Å². The van der Waals surface area contributed by atoms with Crippen LogP contribution in [0.2, 0.25) is 0 Å². The highest BCUT2D eigenvalue weighted by Gasteiger charge is 2.34. The minimum absolute atomic E-state index is 0.304. The Morgan fingerprint density at radius 3 is 2.15 bits per heavy atom. The van der Waals surface area contributed by atoms with Gasteiger partial charge in [-0.2, -0.15) is 4.57 Å². The van der Waals surface area contributed by atoms with E-state index in [1.807, 2.05) is 11.6 Å². The molecule has 5 heteroatoms. The normalized spacial score (nSPS) is 12.0. The van der Waals surface area contributed by atoms with Crippen LogP contribution >= 0.6 is 11.3 Å². The van der Waals surface area contributed by atoms with E-state index in [4.69, 9.17) is 4.42 Å². The van der Waals surface area contributed by atoms with Gasteiger partial charge in [-0.1, -0.05) is 88.4 Å². The van der Waals surface area contributed by atoms with E-state index in [1.54, 1.807) is 11.3 Å². The van der Waals surface area contributed by atoms with Crippen LogP contribution in [0, 0.1) is 6.92 Å². The third-order valence-electron chi connectivity index (χ3n) is 9.51. The largest absolute Gasteiger partial charge is 0.455 e. The molecule has 0 radical (unpaired) electrons. The van der Waals surface area contributed by atoms with E-state index in [0.717, 1.165) is 43.9 Å². The molecule has 3 aromatic heterocycles. The lowest BCUT2D eigenvalue weighted by molar-refractivity contribution is -0.633. The summed E-state index contributed by atoms with van der Waals surface area (Å²) in [5.41, 5.74) is 13.9. The third-order valence-corrected chi connectivity index (χ3v) is 10.3. The summed E-state index contributed by atoms with van der Waals surface area (Å²) in [5.74, 6) is 1.72. The number of thiazole rings is 1. The van der Waals surface area contributed by atoms with Crippen molar-refractivity contribution in [3.63, 3.8) is 0 Å². The molecule has 232 valence electrons. The van der Waals surface area contributed by atoms with Gasteiger partial charge in [-0.3, -0.25) is 0 Å². The number of benzene rings is 5. The summed E-state index contributed by atoms with van der Waals surface area (Å²) in [6.07, 6.45) is 1.85. The fourth-order valence-corrected chi connectivity index (χ4v) is 7.79. The average molecular weight is 633 g/mol. The number of hydrogen-bond acceptors (Lipinski definition) is 3. The molecule has 0 N–H and O–H groups in total. The van der Waals surface area contributed by atoms with Gasteiger partial charge in [-0.25, -0.2) is 9.55 Å². The predicted octanol–water partition coefficient (Wildman–Crippen LogP) is 11.4. The molecule has 5 aromatic carbocycles. The van der Waals surface area contributed by atoms with Gasteiger partial charge in [0.25, 0.3) is 5.82 Å². The van der Waals surface area contributed by atoms with Gasteiger partial charge in [-0.15, -0.1) is 11.3 Å². The van der Waals surface area contributed by atoms with Gasteiger partial charge in [0.15, 0.2) is 16.6 Å². The molecule has 0 aliphatic rings. The monoisotopic (exact) mass is 632 g/mol. The van der Waals surface area contributed by atoms with E-state index in [2.05, 4.69) is 153 Å². The number of hydrogen-bond donors (Lipinski definition) is 0. The van der Waals surface area contributed by atoms with Crippen molar-refractivity contribution < 1.29 is 8.98 Å². The molecule has 8 aromatic rings. The van der Waals surface area contributed by atoms with Crippen LogP contribution < -0.4 is 4.57 Å². The molecule has 0 fully saturated rings. The molecule has 0 amide bonds. The maximum Gasteiger partial charge on any atom is 0.299 e. The summed E-state index contributed by atoms with van der Waals surface area (Å²) >= 11 is 1.65. The fourth-order valence-electron chi connectivity index (χ4n) is 7.15. The number of furan rings is 1. The zero-order chi connectivity index (χ0) is 32.4. The van der Waals surface area contributed by atoms with Gasteiger partial charge in [0.05, 0.1) is 7.05 Å². The molecule has 0 aliphatic carbocycles. The zero-order valence-electron chi connectivity index (χ0n) is 27.7. The second-order valence-electron chi connectivity index (χ2n) is 13.2. The van der Waals surface area contributed by atoms with E-state index in [9.17, 15) is 0 Å². The standard InChI is InChI=1S/C42H38N3OS/c1-25(2)33-22-30(28-12-8-7-9-13-28)23-34(26(3)4)39(33)45-36-15-11-10-14-35(36)44(6)42(45)38-27(5)16-18-32-31-19-17-29(41-43-20-21-47-41)24-37(31)46-40(32)38/h7-26H,1-6H3/q+1. The molecular formula is C42H38N3OS+. The molecule has 3 heterocycles. The summed E-state index contributed by atoms with van der Waals surface area (Å²) in [6.45, 7) is 11.5. The van der Waals surface area contributed by atoms with Crippen LogP contribution in [0.15, 0.2) is 113 Å². The number of fused-ring (bicyclic) bond motifs is 4. The molecule has 0 unspecified atom stereocenters. The molecule has 0 saturated carbocycles. The molecule has 0 spiro atoms. The molecular weight excluding hydrogens is 595 g/mol.